The van der Waals surface area contributed by atoms with E-state index in [0.717, 1.165) is 22.9 Å². The lowest BCUT2D eigenvalue weighted by molar-refractivity contribution is 0.102. The maximum Gasteiger partial charge on any atom is 0.335 e. The highest BCUT2D eigenvalue weighted by atomic mass is 79.9. The molecule has 11 heteroatoms. The van der Waals surface area contributed by atoms with Gasteiger partial charge in [0.1, 0.15) is 23.6 Å². The number of anilines is 1. The minimum atomic E-state index is -0.750. The molecule has 3 aromatic rings. The molecule has 0 aliphatic carbocycles. The lowest BCUT2D eigenvalue weighted by Crippen LogP contribution is -2.16. The van der Waals surface area contributed by atoms with Crippen molar-refractivity contribution in [3.63, 3.8) is 0 Å². The van der Waals surface area contributed by atoms with Crippen LogP contribution in [0.5, 0.6) is 5.75 Å². The Labute approximate surface area is 191 Å². The van der Waals surface area contributed by atoms with Crippen molar-refractivity contribution in [2.24, 2.45) is 0 Å². The number of halogens is 1. The Balaban J connectivity index is 0.000000858. The summed E-state index contributed by atoms with van der Waals surface area (Å²) in [5.74, 6) is 1.43. The third kappa shape index (κ3) is 5.42. The lowest BCUT2D eigenvalue weighted by Gasteiger charge is -2.18. The van der Waals surface area contributed by atoms with E-state index in [1.165, 1.54) is 0 Å². The average molecular weight is 506 g/mol. The van der Waals surface area contributed by atoms with Gasteiger partial charge in [0.05, 0.1) is 12.2 Å². The minimum Gasteiger partial charge on any atom is -0.493 e. The summed E-state index contributed by atoms with van der Waals surface area (Å²) in [6.45, 7) is 4.61. The first kappa shape index (κ1) is 22.8. The molecule has 2 bridgehead atoms. The van der Waals surface area contributed by atoms with Crippen LogP contribution in [0, 0.1) is 6.92 Å². The van der Waals surface area contributed by atoms with Crippen LogP contribution < -0.4 is 10.1 Å². The van der Waals surface area contributed by atoms with Gasteiger partial charge in [-0.1, -0.05) is 22.0 Å². The van der Waals surface area contributed by atoms with E-state index >= 15 is 0 Å². The number of hydrogen-bond donors (Lipinski definition) is 1. The monoisotopic (exact) mass is 505 g/mol. The van der Waals surface area contributed by atoms with Crippen LogP contribution in [0.25, 0.3) is 11.5 Å². The number of aryl methyl sites for hydroxylation is 1. The number of nitrogens with zero attached hydrogens (tertiary/aromatic N) is 4. The summed E-state index contributed by atoms with van der Waals surface area (Å²) in [7, 11) is 0. The van der Waals surface area contributed by atoms with E-state index in [9.17, 15) is 4.79 Å². The number of rotatable bonds is 0. The summed E-state index contributed by atoms with van der Waals surface area (Å²) < 4.78 is 25.4. The molecule has 0 saturated carbocycles. The largest absolute Gasteiger partial charge is 0.493 e. The molecule has 31 heavy (non-hydrogen) atoms. The molecule has 0 saturated heterocycles. The highest BCUT2D eigenvalue weighted by molar-refractivity contribution is 9.10. The number of ether oxygens (including phenoxy) is 1. The molecule has 0 fully saturated rings. The third-order valence-corrected chi connectivity index (χ3v) is 5.65. The number of fused-ring (bicyclic) bond motifs is 5. The second kappa shape index (κ2) is 10.4. The molecule has 1 atom stereocenters. The Hall–Kier alpha value is -2.92. The molecule has 3 heterocycles. The zero-order chi connectivity index (χ0) is 22.4. The van der Waals surface area contributed by atoms with Crippen LogP contribution in [-0.4, -0.2) is 40.7 Å². The Morgan fingerprint density at radius 2 is 2.06 bits per heavy atom. The second-order valence-electron chi connectivity index (χ2n) is 6.93. The van der Waals surface area contributed by atoms with Crippen LogP contribution in [0.3, 0.4) is 0 Å². The third-order valence-electron chi connectivity index (χ3n) is 4.80. The van der Waals surface area contributed by atoms with E-state index < -0.39 is 11.6 Å². The second-order valence-corrected chi connectivity index (χ2v) is 7.92. The first-order valence-electron chi connectivity index (χ1n) is 9.47. The molecule has 4 rings (SSSR count). The number of hydrogen-bond acceptors (Lipinski definition) is 7. The number of pyridine rings is 1. The zero-order valence-electron chi connectivity index (χ0n) is 16.9. The fraction of sp³-hybridized carbons (Fsp3) is 0.300. The summed E-state index contributed by atoms with van der Waals surface area (Å²) in [4.78, 5) is 17.5. The molecule has 0 radical (unpaired) electrons. The van der Waals surface area contributed by atoms with E-state index in [1.54, 1.807) is 18.5 Å². The van der Waals surface area contributed by atoms with Crippen molar-refractivity contribution < 1.29 is 17.9 Å². The summed E-state index contributed by atoms with van der Waals surface area (Å²) in [5, 5.41) is 11.1. The molecule has 1 aromatic carbocycles. The number of amides is 1. The van der Waals surface area contributed by atoms with Crippen molar-refractivity contribution in [3.8, 4) is 17.3 Å². The number of aromatic nitrogens is 4. The smallest absolute Gasteiger partial charge is 0.335 e. The van der Waals surface area contributed by atoms with E-state index in [2.05, 4.69) is 43.4 Å². The molecular weight excluding hydrogens is 486 g/mol. The minimum absolute atomic E-state index is 0.197. The molecule has 0 spiro atoms. The van der Waals surface area contributed by atoms with E-state index in [4.69, 9.17) is 13.2 Å². The fourth-order valence-electron chi connectivity index (χ4n) is 3.21. The zero-order valence-corrected chi connectivity index (χ0v) is 19.3. The van der Waals surface area contributed by atoms with Gasteiger partial charge in [-0.15, -0.1) is 10.2 Å². The Morgan fingerprint density at radius 1 is 1.29 bits per heavy atom. The average Bonchev–Trinajstić information content (AvgIpc) is 3.23. The first-order valence-corrected chi connectivity index (χ1v) is 10.9. The van der Waals surface area contributed by atoms with Gasteiger partial charge >= 0.3 is 11.6 Å². The van der Waals surface area contributed by atoms with Gasteiger partial charge in [0.15, 0.2) is 5.82 Å². The van der Waals surface area contributed by atoms with Crippen molar-refractivity contribution in [1.82, 2.24) is 19.7 Å². The van der Waals surface area contributed by atoms with Gasteiger partial charge in [0.2, 0.25) is 0 Å². The number of benzene rings is 1. The summed E-state index contributed by atoms with van der Waals surface area (Å²) >= 11 is 2.75. The lowest BCUT2D eigenvalue weighted by atomic mass is 10.1. The van der Waals surface area contributed by atoms with Gasteiger partial charge < -0.3 is 14.6 Å². The van der Waals surface area contributed by atoms with Gasteiger partial charge in [-0.2, -0.15) is 8.42 Å². The van der Waals surface area contributed by atoms with E-state index in [1.807, 2.05) is 29.7 Å². The van der Waals surface area contributed by atoms with Gasteiger partial charge in [0, 0.05) is 10.5 Å². The number of nitrogens with one attached hydrogen (secondary N) is 1. The summed E-state index contributed by atoms with van der Waals surface area (Å²) in [6.07, 6.45) is 3.44. The molecule has 0 unspecified atom stereocenters. The molecule has 9 nitrogen and oxygen atoms in total. The van der Waals surface area contributed by atoms with Crippen LogP contribution in [0.4, 0.5) is 5.82 Å². The molecule has 1 N–H and O–H groups in total. The van der Waals surface area contributed by atoms with E-state index in [0.29, 0.717) is 35.3 Å². The van der Waals surface area contributed by atoms with Crippen LogP contribution in [0.15, 0.2) is 41.1 Å². The molecule has 2 aromatic heterocycles. The van der Waals surface area contributed by atoms with Crippen molar-refractivity contribution in [3.05, 3.63) is 52.3 Å². The van der Waals surface area contributed by atoms with Gasteiger partial charge in [0.25, 0.3) is 5.91 Å². The van der Waals surface area contributed by atoms with Crippen molar-refractivity contribution in [2.45, 2.75) is 32.7 Å². The summed E-state index contributed by atoms with van der Waals surface area (Å²) in [5.41, 5.74) is 2.15. The topological polar surface area (TPSA) is 116 Å². The van der Waals surface area contributed by atoms with Crippen LogP contribution in [0.2, 0.25) is 0 Å². The van der Waals surface area contributed by atoms with Gasteiger partial charge in [-0.25, -0.2) is 4.98 Å². The Morgan fingerprint density at radius 3 is 2.84 bits per heavy atom. The predicted octanol–water partition coefficient (Wildman–Crippen LogP) is 3.73. The predicted molar refractivity (Wildman–Crippen MR) is 118 cm³/mol. The van der Waals surface area contributed by atoms with Crippen LogP contribution >= 0.6 is 15.9 Å². The Kier molecular flexibility index (Phi) is 7.64. The van der Waals surface area contributed by atoms with Crippen molar-refractivity contribution in [1.29, 1.82) is 0 Å². The normalized spacial score (nSPS) is 15.7. The molecule has 1 aliphatic heterocycles. The number of carbonyl (C=O) groups is 1. The van der Waals surface area contributed by atoms with Crippen molar-refractivity contribution in [2.75, 3.05) is 11.9 Å². The molecule has 162 valence electrons. The molecule has 1 amide bonds. The SMILES string of the molecule is Cc1cc2c(cc1Br)C(=O)Nc1cccc(n1)-c1nncn1[C@@H](C)CCCO2.O=S=O. The quantitative estimate of drug-likeness (QED) is 0.494. The van der Waals surface area contributed by atoms with Crippen molar-refractivity contribution >= 4 is 39.2 Å². The van der Waals surface area contributed by atoms with Crippen LogP contribution in [0.1, 0.15) is 41.7 Å². The first-order chi connectivity index (χ1) is 14.9. The van der Waals surface area contributed by atoms with Gasteiger partial charge in [-0.05, 0) is 56.5 Å². The fourth-order valence-corrected chi connectivity index (χ4v) is 3.56. The molecule has 1 aliphatic rings. The maximum atomic E-state index is 12.9. The Bertz CT molecular complexity index is 1130. The highest BCUT2D eigenvalue weighted by Gasteiger charge is 2.19. The number of carbonyl (C=O) groups excluding carboxylic acids is 1. The highest BCUT2D eigenvalue weighted by Crippen LogP contribution is 2.29. The maximum absolute atomic E-state index is 12.9. The standard InChI is InChI=1S/C20H20BrN5O2.O2S/c1-12-9-17-14(10-15(12)21)20(27)24-18-7-3-6-16(23-18)19-25-22-11-26(19)13(2)5-4-8-28-17;1-3-2/h3,6-7,9-11,13H,4-5,8H2,1-2H3,(H,23,24,27);/t13-;/m0./s1. The summed E-state index contributed by atoms with van der Waals surface area (Å²) in [6, 6.07) is 9.33. The molecular formula is C20H20BrN5O4S. The van der Waals surface area contributed by atoms with Crippen LogP contribution in [-0.2, 0) is 11.6 Å². The van der Waals surface area contributed by atoms with E-state index in [-0.39, 0.29) is 11.9 Å². The van der Waals surface area contributed by atoms with Gasteiger partial charge in [-0.3, -0.25) is 4.79 Å².